The molecule has 0 radical (unpaired) electrons. The minimum absolute atomic E-state index is 0.580. The van der Waals surface area contributed by atoms with Gasteiger partial charge in [0.1, 0.15) is 0 Å². The first-order valence-corrected chi connectivity index (χ1v) is 3.71. The molecule has 0 rings (SSSR count). The van der Waals surface area contributed by atoms with Crippen molar-refractivity contribution >= 4 is 16.9 Å². The van der Waals surface area contributed by atoms with Crippen molar-refractivity contribution in [2.45, 2.75) is 13.3 Å². The molecule has 0 bridgehead atoms. The number of rotatable bonds is 2. The Hall–Kier alpha value is -0.420. The number of amidine groups is 1. The maximum atomic E-state index is 5.04. The number of nitrogens with one attached hydrogen (secondary N) is 1. The molecule has 54 valence electrons. The smallest absolute Gasteiger partial charge is 0.194 e. The summed E-state index contributed by atoms with van der Waals surface area (Å²) in [6.45, 7) is 2.08. The Balaban J connectivity index is 3.33. The summed E-state index contributed by atoms with van der Waals surface area (Å²) in [7, 11) is 0. The lowest BCUT2D eigenvalue weighted by molar-refractivity contribution is 1.02. The van der Waals surface area contributed by atoms with Gasteiger partial charge in [-0.1, -0.05) is 18.7 Å². The molecule has 9 heavy (non-hydrogen) atoms. The van der Waals surface area contributed by atoms with Gasteiger partial charge in [0.15, 0.2) is 5.17 Å². The van der Waals surface area contributed by atoms with Crippen molar-refractivity contribution in [2.24, 2.45) is 16.8 Å². The van der Waals surface area contributed by atoms with Crippen LogP contribution in [0.25, 0.3) is 0 Å². The molecule has 0 amide bonds. The van der Waals surface area contributed by atoms with Crippen LogP contribution in [0.15, 0.2) is 5.10 Å². The minimum Gasteiger partial charge on any atom is -0.321 e. The monoisotopic (exact) mass is 148 g/mol. The lowest BCUT2D eigenvalue weighted by atomic mass is 10.6. The molecule has 4 nitrogen and oxygen atoms in total. The molecule has 0 aromatic carbocycles. The second kappa shape index (κ2) is 5.71. The number of nitrogens with zero attached hydrogens (tertiary/aromatic N) is 1. The number of hydrogen-bond donors (Lipinski definition) is 3. The van der Waals surface area contributed by atoms with E-state index >= 15 is 0 Å². The van der Waals surface area contributed by atoms with Crippen LogP contribution in [0.4, 0.5) is 0 Å². The van der Waals surface area contributed by atoms with Crippen LogP contribution >= 0.6 is 11.8 Å². The zero-order valence-corrected chi connectivity index (χ0v) is 6.24. The highest BCUT2D eigenvalue weighted by Crippen LogP contribution is 2.00. The third-order valence-corrected chi connectivity index (χ3v) is 1.79. The Bertz CT molecular complexity index is 92.6. The SMILES string of the molecule is CCCSC(=NN)NN. The summed E-state index contributed by atoms with van der Waals surface area (Å²) in [5, 5.41) is 3.97. The van der Waals surface area contributed by atoms with E-state index in [-0.39, 0.29) is 0 Å². The number of thioether (sulfide) groups is 1. The first-order valence-electron chi connectivity index (χ1n) is 2.72. The van der Waals surface area contributed by atoms with Crippen LogP contribution in [-0.4, -0.2) is 10.9 Å². The summed E-state index contributed by atoms with van der Waals surface area (Å²) in [4.78, 5) is 0. The molecule has 5 N–H and O–H groups in total. The van der Waals surface area contributed by atoms with Crippen LogP contribution in [0.5, 0.6) is 0 Å². The summed E-state index contributed by atoms with van der Waals surface area (Å²) >= 11 is 1.51. The number of nitrogens with two attached hydrogens (primary N) is 2. The maximum absolute atomic E-state index is 5.04. The molecule has 0 spiro atoms. The standard InChI is InChI=1S/C4H12N4S/c1-2-3-9-4(7-5)8-6/h2-3,5-6H2,1H3,(H,7,8). The third kappa shape index (κ3) is 4.11. The fourth-order valence-electron chi connectivity index (χ4n) is 0.315. The molecule has 0 aliphatic rings. The molecule has 0 unspecified atom stereocenters. The van der Waals surface area contributed by atoms with Gasteiger partial charge in [-0.2, -0.15) is 5.10 Å². The molecule has 5 heteroatoms. The highest BCUT2D eigenvalue weighted by Gasteiger charge is 1.92. The molecule has 0 saturated carbocycles. The molecule has 0 fully saturated rings. The van der Waals surface area contributed by atoms with Gasteiger partial charge in [-0.15, -0.1) is 0 Å². The topological polar surface area (TPSA) is 76.4 Å². The van der Waals surface area contributed by atoms with Crippen LogP contribution in [0.3, 0.4) is 0 Å². The summed E-state index contributed by atoms with van der Waals surface area (Å²) in [5.74, 6) is 11.0. The average molecular weight is 148 g/mol. The van der Waals surface area contributed by atoms with E-state index in [0.717, 1.165) is 12.2 Å². The fraction of sp³-hybridized carbons (Fsp3) is 0.750. The average Bonchev–Trinajstić information content (AvgIpc) is 1.91. The van der Waals surface area contributed by atoms with E-state index in [0.29, 0.717) is 5.17 Å². The molecular weight excluding hydrogens is 136 g/mol. The van der Waals surface area contributed by atoms with Gasteiger partial charge >= 0.3 is 0 Å². The van der Waals surface area contributed by atoms with E-state index in [1.165, 1.54) is 11.8 Å². The molecule has 0 atom stereocenters. The first kappa shape index (κ1) is 8.58. The van der Waals surface area contributed by atoms with Gasteiger partial charge in [0.25, 0.3) is 0 Å². The summed E-state index contributed by atoms with van der Waals surface area (Å²) in [6.07, 6.45) is 1.09. The van der Waals surface area contributed by atoms with Crippen LogP contribution < -0.4 is 17.1 Å². The summed E-state index contributed by atoms with van der Waals surface area (Å²) in [6, 6.07) is 0. The van der Waals surface area contributed by atoms with Gasteiger partial charge in [-0.3, -0.25) is 0 Å². The normalized spacial score (nSPS) is 11.6. The molecule has 0 heterocycles. The van der Waals surface area contributed by atoms with Gasteiger partial charge in [0, 0.05) is 5.75 Å². The van der Waals surface area contributed by atoms with Gasteiger partial charge < -0.3 is 11.3 Å². The van der Waals surface area contributed by atoms with E-state index in [1.807, 2.05) is 0 Å². The molecule has 0 aliphatic carbocycles. The largest absolute Gasteiger partial charge is 0.321 e. The molecule has 0 aliphatic heterocycles. The molecule has 0 aromatic rings. The van der Waals surface area contributed by atoms with E-state index in [4.69, 9.17) is 11.7 Å². The molecule has 0 saturated heterocycles. The van der Waals surface area contributed by atoms with E-state index in [1.54, 1.807) is 0 Å². The van der Waals surface area contributed by atoms with E-state index < -0.39 is 0 Å². The second-order valence-corrected chi connectivity index (χ2v) is 2.51. The Labute approximate surface area is 59.0 Å². The van der Waals surface area contributed by atoms with Crippen molar-refractivity contribution in [2.75, 3.05) is 5.75 Å². The Morgan fingerprint density at radius 2 is 2.44 bits per heavy atom. The Morgan fingerprint density at radius 3 is 2.78 bits per heavy atom. The predicted octanol–water partition coefficient (Wildman–Crippen LogP) is -0.177. The molecular formula is C4H12N4S. The van der Waals surface area contributed by atoms with E-state index in [9.17, 15) is 0 Å². The van der Waals surface area contributed by atoms with Crippen LogP contribution in [0.2, 0.25) is 0 Å². The lowest BCUT2D eigenvalue weighted by Gasteiger charge is -1.99. The van der Waals surface area contributed by atoms with Crippen LogP contribution in [0, 0.1) is 0 Å². The fourth-order valence-corrected chi connectivity index (χ4v) is 0.870. The second-order valence-electron chi connectivity index (χ2n) is 1.43. The van der Waals surface area contributed by atoms with Crippen molar-refractivity contribution in [1.29, 1.82) is 0 Å². The number of hydrazone groups is 1. The third-order valence-electron chi connectivity index (χ3n) is 0.684. The minimum atomic E-state index is 0.580. The highest BCUT2D eigenvalue weighted by molar-refractivity contribution is 8.13. The van der Waals surface area contributed by atoms with Gasteiger partial charge in [-0.25, -0.2) is 5.84 Å². The Kier molecular flexibility index (Phi) is 5.45. The van der Waals surface area contributed by atoms with Crippen molar-refractivity contribution < 1.29 is 0 Å². The van der Waals surface area contributed by atoms with E-state index in [2.05, 4.69) is 17.5 Å². The van der Waals surface area contributed by atoms with Crippen molar-refractivity contribution in [1.82, 2.24) is 5.43 Å². The van der Waals surface area contributed by atoms with Crippen molar-refractivity contribution in [3.63, 3.8) is 0 Å². The highest BCUT2D eigenvalue weighted by atomic mass is 32.2. The number of hydrazine groups is 1. The Morgan fingerprint density at radius 1 is 1.78 bits per heavy atom. The zero-order chi connectivity index (χ0) is 7.11. The van der Waals surface area contributed by atoms with Crippen molar-refractivity contribution in [3.8, 4) is 0 Å². The van der Waals surface area contributed by atoms with Crippen LogP contribution in [0.1, 0.15) is 13.3 Å². The van der Waals surface area contributed by atoms with Gasteiger partial charge in [0.05, 0.1) is 0 Å². The quantitative estimate of drug-likeness (QED) is 0.220. The predicted molar refractivity (Wildman–Crippen MR) is 41.7 cm³/mol. The maximum Gasteiger partial charge on any atom is 0.194 e. The first-order chi connectivity index (χ1) is 4.35. The van der Waals surface area contributed by atoms with Crippen molar-refractivity contribution in [3.05, 3.63) is 0 Å². The molecule has 0 aromatic heterocycles. The summed E-state index contributed by atoms with van der Waals surface area (Å²) in [5.41, 5.74) is 2.37. The lowest BCUT2D eigenvalue weighted by Crippen LogP contribution is -2.28. The summed E-state index contributed by atoms with van der Waals surface area (Å²) < 4.78 is 0. The van der Waals surface area contributed by atoms with Gasteiger partial charge in [0.2, 0.25) is 0 Å². The number of hydrogen-bond acceptors (Lipinski definition) is 4. The zero-order valence-electron chi connectivity index (χ0n) is 5.42. The van der Waals surface area contributed by atoms with Crippen LogP contribution in [-0.2, 0) is 0 Å². The van der Waals surface area contributed by atoms with Gasteiger partial charge in [-0.05, 0) is 6.42 Å².